The number of hydrogen-bond donors (Lipinski definition) is 6. The molecule has 0 fully saturated rings. The number of thioether (sulfide) groups is 2. The highest BCUT2D eigenvalue weighted by atomic mass is 32.2. The molecule has 0 spiro atoms. The van der Waals surface area contributed by atoms with Gasteiger partial charge < -0.3 is 32.5 Å². The molecule has 0 aliphatic heterocycles. The maximum Gasteiger partial charge on any atom is 0.326 e. The van der Waals surface area contributed by atoms with E-state index in [0.29, 0.717) is 11.5 Å². The second-order valence-electron chi connectivity index (χ2n) is 7.87. The summed E-state index contributed by atoms with van der Waals surface area (Å²) >= 11 is 2.94. The van der Waals surface area contributed by atoms with Crippen LogP contribution in [0.4, 0.5) is 0 Å². The molecule has 0 aliphatic rings. The van der Waals surface area contributed by atoms with Crippen molar-refractivity contribution in [3.05, 3.63) is 0 Å². The molecule has 11 nitrogen and oxygen atoms in total. The Morgan fingerprint density at radius 3 is 1.79 bits per heavy atom. The monoisotopic (exact) mass is 507 g/mol. The lowest BCUT2D eigenvalue weighted by Gasteiger charge is -2.27. The molecule has 0 bridgehead atoms. The number of carboxylic acids is 1. The lowest BCUT2D eigenvalue weighted by Crippen LogP contribution is -2.58. The Balaban J connectivity index is 5.31. The lowest BCUT2D eigenvalue weighted by molar-refractivity contribution is -0.142. The van der Waals surface area contributed by atoms with Gasteiger partial charge in [0.1, 0.15) is 18.1 Å². The van der Waals surface area contributed by atoms with E-state index in [9.17, 15) is 29.1 Å². The fourth-order valence-corrected chi connectivity index (χ4v) is 3.70. The molecule has 0 aromatic heterocycles. The smallest absolute Gasteiger partial charge is 0.326 e. The predicted molar refractivity (Wildman–Crippen MR) is 131 cm³/mol. The Morgan fingerprint density at radius 2 is 1.33 bits per heavy atom. The molecular formula is C20H37N5O6S2. The van der Waals surface area contributed by atoms with Crippen molar-refractivity contribution in [3.8, 4) is 0 Å². The molecule has 33 heavy (non-hydrogen) atoms. The number of nitrogens with one attached hydrogen (secondary N) is 3. The first kappa shape index (κ1) is 31.0. The second-order valence-corrected chi connectivity index (χ2v) is 9.84. The van der Waals surface area contributed by atoms with Gasteiger partial charge in [-0.1, -0.05) is 13.8 Å². The van der Waals surface area contributed by atoms with Crippen molar-refractivity contribution >= 4 is 53.1 Å². The zero-order valence-electron chi connectivity index (χ0n) is 19.6. The molecule has 0 radical (unpaired) electrons. The maximum atomic E-state index is 12.9. The highest BCUT2D eigenvalue weighted by Gasteiger charge is 2.31. The fraction of sp³-hybridized carbons (Fsp3) is 0.750. The van der Waals surface area contributed by atoms with Gasteiger partial charge in [0.15, 0.2) is 0 Å². The third kappa shape index (κ3) is 12.7. The van der Waals surface area contributed by atoms with E-state index >= 15 is 0 Å². The van der Waals surface area contributed by atoms with Gasteiger partial charge in [0.25, 0.3) is 0 Å². The topological polar surface area (TPSA) is 194 Å². The summed E-state index contributed by atoms with van der Waals surface area (Å²) in [5.74, 6) is -2.75. The van der Waals surface area contributed by atoms with E-state index in [1.54, 1.807) is 13.8 Å². The van der Waals surface area contributed by atoms with E-state index in [1.807, 2.05) is 12.5 Å². The lowest BCUT2D eigenvalue weighted by atomic mass is 10.0. The number of nitrogens with two attached hydrogens (primary N) is 2. The van der Waals surface area contributed by atoms with Gasteiger partial charge in [-0.05, 0) is 49.2 Å². The van der Waals surface area contributed by atoms with Gasteiger partial charge in [-0.25, -0.2) is 4.79 Å². The maximum absolute atomic E-state index is 12.9. The van der Waals surface area contributed by atoms with E-state index < -0.39 is 53.8 Å². The van der Waals surface area contributed by atoms with Crippen LogP contribution in [0.1, 0.15) is 39.5 Å². The summed E-state index contributed by atoms with van der Waals surface area (Å²) in [5, 5.41) is 17.1. The zero-order chi connectivity index (χ0) is 25.6. The molecule has 0 aromatic carbocycles. The minimum atomic E-state index is -1.15. The van der Waals surface area contributed by atoms with Gasteiger partial charge in [-0.15, -0.1) is 0 Å². The molecule has 4 unspecified atom stereocenters. The number of amides is 4. The number of aliphatic carboxylic acids is 1. The summed E-state index contributed by atoms with van der Waals surface area (Å²) in [4.78, 5) is 60.5. The van der Waals surface area contributed by atoms with Crippen LogP contribution in [0.5, 0.6) is 0 Å². The quantitative estimate of drug-likeness (QED) is 0.147. The minimum Gasteiger partial charge on any atom is -0.480 e. The molecule has 0 saturated carbocycles. The predicted octanol–water partition coefficient (Wildman–Crippen LogP) is -0.720. The number of hydrogen-bond acceptors (Lipinski definition) is 8. The van der Waals surface area contributed by atoms with Gasteiger partial charge in [0, 0.05) is 6.42 Å². The highest BCUT2D eigenvalue weighted by molar-refractivity contribution is 7.98. The van der Waals surface area contributed by atoms with Crippen molar-refractivity contribution in [1.82, 2.24) is 16.0 Å². The summed E-state index contributed by atoms with van der Waals surface area (Å²) in [5.41, 5.74) is 10.9. The SMILES string of the molecule is CSCCC(NC(=O)C(CCSC)NC(=O)C(NC(=O)C(N)CCC(N)=O)C(C)C)C(=O)O. The normalized spacial score (nSPS) is 14.6. The van der Waals surface area contributed by atoms with Crippen molar-refractivity contribution in [2.45, 2.75) is 63.7 Å². The largest absolute Gasteiger partial charge is 0.480 e. The Morgan fingerprint density at radius 1 is 0.818 bits per heavy atom. The summed E-state index contributed by atoms with van der Waals surface area (Å²) in [6.07, 6.45) is 4.19. The van der Waals surface area contributed by atoms with Crippen molar-refractivity contribution in [3.63, 3.8) is 0 Å². The first-order valence-corrected chi connectivity index (χ1v) is 13.4. The molecule has 4 atom stereocenters. The fourth-order valence-electron chi connectivity index (χ4n) is 2.76. The average molecular weight is 508 g/mol. The van der Waals surface area contributed by atoms with Gasteiger partial charge in [-0.3, -0.25) is 19.2 Å². The van der Waals surface area contributed by atoms with Crippen LogP contribution in [0.3, 0.4) is 0 Å². The third-order valence-corrected chi connectivity index (χ3v) is 6.04. The van der Waals surface area contributed by atoms with Crippen LogP contribution in [-0.4, -0.2) is 82.9 Å². The first-order chi connectivity index (χ1) is 15.4. The summed E-state index contributed by atoms with van der Waals surface area (Å²) in [6.45, 7) is 3.44. The number of primary amides is 1. The van der Waals surface area contributed by atoms with E-state index in [2.05, 4.69) is 16.0 Å². The summed E-state index contributed by atoms with van der Waals surface area (Å²) in [6, 6.07) is -4.03. The number of carbonyl (C=O) groups excluding carboxylic acids is 4. The molecular weight excluding hydrogens is 470 g/mol. The van der Waals surface area contributed by atoms with Crippen LogP contribution in [0, 0.1) is 5.92 Å². The van der Waals surface area contributed by atoms with E-state index in [0.717, 1.165) is 0 Å². The van der Waals surface area contributed by atoms with Crippen LogP contribution >= 0.6 is 23.5 Å². The Hall–Kier alpha value is -1.99. The third-order valence-electron chi connectivity index (χ3n) is 4.75. The highest BCUT2D eigenvalue weighted by Crippen LogP contribution is 2.08. The molecule has 0 aliphatic carbocycles. The zero-order valence-corrected chi connectivity index (χ0v) is 21.2. The second kappa shape index (κ2) is 16.6. The van der Waals surface area contributed by atoms with Gasteiger partial charge in [-0.2, -0.15) is 23.5 Å². The van der Waals surface area contributed by atoms with Crippen LogP contribution in [0.2, 0.25) is 0 Å². The van der Waals surface area contributed by atoms with Crippen molar-refractivity contribution < 1.29 is 29.1 Å². The molecule has 4 amide bonds. The van der Waals surface area contributed by atoms with Crippen molar-refractivity contribution in [2.75, 3.05) is 24.0 Å². The van der Waals surface area contributed by atoms with Gasteiger partial charge >= 0.3 is 5.97 Å². The minimum absolute atomic E-state index is 0.0407. The number of carboxylic acid groups (broad SMARTS) is 1. The Kier molecular flexibility index (Phi) is 15.6. The van der Waals surface area contributed by atoms with Crippen LogP contribution in [0.25, 0.3) is 0 Å². The van der Waals surface area contributed by atoms with Crippen LogP contribution < -0.4 is 27.4 Å². The summed E-state index contributed by atoms with van der Waals surface area (Å²) in [7, 11) is 0. The Bertz CT molecular complexity index is 679. The van der Waals surface area contributed by atoms with E-state index in [-0.39, 0.29) is 31.6 Å². The summed E-state index contributed by atoms with van der Waals surface area (Å²) < 4.78 is 0. The molecule has 190 valence electrons. The Labute approximate surface area is 203 Å². The molecule has 0 saturated heterocycles. The van der Waals surface area contributed by atoms with Crippen LogP contribution in [0.15, 0.2) is 0 Å². The van der Waals surface area contributed by atoms with Gasteiger partial charge in [0.2, 0.25) is 23.6 Å². The first-order valence-electron chi connectivity index (χ1n) is 10.6. The average Bonchev–Trinajstić information content (AvgIpc) is 2.74. The molecule has 0 aromatic rings. The molecule has 0 rings (SSSR count). The van der Waals surface area contributed by atoms with Crippen LogP contribution in [-0.2, 0) is 24.0 Å². The van der Waals surface area contributed by atoms with Gasteiger partial charge in [0.05, 0.1) is 6.04 Å². The van der Waals surface area contributed by atoms with E-state index in [4.69, 9.17) is 11.5 Å². The van der Waals surface area contributed by atoms with E-state index in [1.165, 1.54) is 23.5 Å². The number of rotatable bonds is 17. The van der Waals surface area contributed by atoms with Crippen molar-refractivity contribution in [1.29, 1.82) is 0 Å². The van der Waals surface area contributed by atoms with Crippen molar-refractivity contribution in [2.24, 2.45) is 17.4 Å². The number of carbonyl (C=O) groups is 5. The molecule has 8 N–H and O–H groups in total. The standard InChI is InChI=1S/C20H37N5O6S2/c1-11(2)16(25-17(27)12(21)5-6-15(22)26)19(29)23-13(7-9-32-3)18(28)24-14(20(30)31)8-10-33-4/h11-14,16H,5-10,21H2,1-4H3,(H2,22,26)(H,23,29)(H,24,28)(H,25,27)(H,30,31). The molecule has 13 heteroatoms. The molecule has 0 heterocycles.